The highest BCUT2D eigenvalue weighted by Crippen LogP contribution is 2.29. The number of amides is 2. The molecule has 2 aromatic heterocycles. The highest BCUT2D eigenvalue weighted by Gasteiger charge is 2.29. The molecule has 2 amide bonds. The molecule has 1 aromatic carbocycles. The van der Waals surface area contributed by atoms with Gasteiger partial charge in [0, 0.05) is 42.0 Å². The van der Waals surface area contributed by atoms with Crippen LogP contribution in [0, 0.1) is 6.92 Å². The van der Waals surface area contributed by atoms with E-state index in [2.05, 4.69) is 10.4 Å². The first-order valence-corrected chi connectivity index (χ1v) is 13.8. The molecule has 1 fully saturated rings. The van der Waals surface area contributed by atoms with Crippen LogP contribution in [0.25, 0.3) is 11.4 Å². The number of benzene rings is 1. The molecule has 0 saturated carbocycles. The number of piperidine rings is 1. The number of hydrogen-bond donors (Lipinski definition) is 1. The van der Waals surface area contributed by atoms with Gasteiger partial charge in [-0.25, -0.2) is 0 Å². The zero-order valence-electron chi connectivity index (χ0n) is 22.5. The van der Waals surface area contributed by atoms with Gasteiger partial charge in [0.05, 0.1) is 13.2 Å². The molecule has 0 radical (unpaired) electrons. The Bertz CT molecular complexity index is 1520. The molecule has 3 aromatic rings. The van der Waals surface area contributed by atoms with Crippen molar-refractivity contribution in [2.75, 3.05) is 31.6 Å². The quantitative estimate of drug-likeness (QED) is 0.500. The third-order valence-electron chi connectivity index (χ3n) is 7.67. The van der Waals surface area contributed by atoms with Crippen LogP contribution in [0.2, 0.25) is 5.02 Å². The molecule has 0 atom stereocenters. The molecule has 0 aliphatic carbocycles. The van der Waals surface area contributed by atoms with Gasteiger partial charge in [0.15, 0.2) is 5.82 Å². The lowest BCUT2D eigenvalue weighted by Gasteiger charge is -2.32. The molecule has 10 nitrogen and oxygen atoms in total. The first-order valence-electron chi connectivity index (χ1n) is 13.4. The molecule has 5 rings (SSSR count). The van der Waals surface area contributed by atoms with Crippen LogP contribution in [-0.2, 0) is 27.3 Å². The van der Waals surface area contributed by atoms with E-state index in [-0.39, 0.29) is 29.8 Å². The van der Waals surface area contributed by atoms with Crippen molar-refractivity contribution in [3.8, 4) is 0 Å². The van der Waals surface area contributed by atoms with E-state index in [1.165, 1.54) is 4.52 Å². The molecule has 2 aliphatic rings. The monoisotopic (exact) mass is 552 g/mol. The number of aromatic nitrogens is 4. The Hall–Kier alpha value is -3.50. The number of fused-ring (bicyclic) bond motifs is 1. The van der Waals surface area contributed by atoms with E-state index >= 15 is 0 Å². The molecular weight excluding hydrogens is 520 g/mol. The third-order valence-corrected chi connectivity index (χ3v) is 8.02. The van der Waals surface area contributed by atoms with Crippen molar-refractivity contribution in [3.63, 3.8) is 0 Å². The number of carbonyl (C=O) groups excluding carboxylic acids is 2. The maximum absolute atomic E-state index is 13.8. The fourth-order valence-electron chi connectivity index (χ4n) is 5.44. The average Bonchev–Trinajstić information content (AvgIpc) is 3.38. The van der Waals surface area contributed by atoms with E-state index in [0.717, 1.165) is 17.6 Å². The Morgan fingerprint density at radius 1 is 1.23 bits per heavy atom. The largest absolute Gasteiger partial charge is 0.377 e. The van der Waals surface area contributed by atoms with E-state index in [1.807, 2.05) is 32.1 Å². The Morgan fingerprint density at radius 2 is 2.00 bits per heavy atom. The molecule has 0 bridgehead atoms. The van der Waals surface area contributed by atoms with Crippen LogP contribution in [-0.4, -0.2) is 62.2 Å². The number of rotatable bonds is 6. The second-order valence-electron chi connectivity index (χ2n) is 10.1. The highest BCUT2D eigenvalue weighted by molar-refractivity contribution is 6.31. The molecule has 39 heavy (non-hydrogen) atoms. The fourth-order valence-corrected chi connectivity index (χ4v) is 5.76. The molecule has 1 N–H and O–H groups in total. The smallest absolute Gasteiger partial charge is 0.279 e. The van der Waals surface area contributed by atoms with Crippen LogP contribution in [0.3, 0.4) is 0 Å². The summed E-state index contributed by atoms with van der Waals surface area (Å²) in [5.74, 6) is 0.500. The zero-order valence-corrected chi connectivity index (χ0v) is 23.3. The van der Waals surface area contributed by atoms with Gasteiger partial charge in [-0.05, 0) is 61.8 Å². The van der Waals surface area contributed by atoms with E-state index < -0.39 is 0 Å². The second-order valence-corrected chi connectivity index (χ2v) is 10.5. The van der Waals surface area contributed by atoms with E-state index in [9.17, 15) is 14.4 Å². The molecule has 2 aliphatic heterocycles. The van der Waals surface area contributed by atoms with Gasteiger partial charge in [-0.1, -0.05) is 30.7 Å². The summed E-state index contributed by atoms with van der Waals surface area (Å²) >= 11 is 6.36. The van der Waals surface area contributed by atoms with Crippen LogP contribution in [0.1, 0.15) is 61.7 Å². The summed E-state index contributed by atoms with van der Waals surface area (Å²) < 4.78 is 8.51. The van der Waals surface area contributed by atoms with Crippen molar-refractivity contribution in [1.82, 2.24) is 24.1 Å². The number of ether oxygens (including phenoxy) is 1. The summed E-state index contributed by atoms with van der Waals surface area (Å²) in [4.78, 5) is 45.4. The second kappa shape index (κ2) is 11.3. The predicted molar refractivity (Wildman–Crippen MR) is 149 cm³/mol. The first-order chi connectivity index (χ1) is 18.8. The number of nitrogens with one attached hydrogen (secondary N) is 1. The van der Waals surface area contributed by atoms with Gasteiger partial charge in [0.1, 0.15) is 6.54 Å². The Labute approximate surface area is 231 Å². The lowest BCUT2D eigenvalue weighted by molar-refractivity contribution is -0.129. The highest BCUT2D eigenvalue weighted by atomic mass is 35.5. The lowest BCUT2D eigenvalue weighted by atomic mass is 9.89. The average molecular weight is 553 g/mol. The minimum absolute atomic E-state index is 0.0347. The number of nitrogens with zero attached hydrogens (tertiary/aromatic N) is 5. The van der Waals surface area contributed by atoms with Gasteiger partial charge in [0.25, 0.3) is 5.56 Å². The number of anilines is 1. The van der Waals surface area contributed by atoms with Crippen LogP contribution in [0.4, 0.5) is 5.69 Å². The SMILES string of the molecule is CCc1ccc(NC(=O)Cn2c(C)c(C3CCN(C(C)=O)CC3)c(=O)n3nc(C4=CCOCC4)nc23)cc1Cl. The number of likely N-dealkylation sites (tertiary alicyclic amines) is 1. The van der Waals surface area contributed by atoms with Crippen molar-refractivity contribution < 1.29 is 14.3 Å². The van der Waals surface area contributed by atoms with Gasteiger partial charge < -0.3 is 19.5 Å². The van der Waals surface area contributed by atoms with Crippen molar-refractivity contribution in [1.29, 1.82) is 0 Å². The van der Waals surface area contributed by atoms with Gasteiger partial charge in [-0.15, -0.1) is 5.10 Å². The molecule has 4 heterocycles. The summed E-state index contributed by atoms with van der Waals surface area (Å²) in [5, 5.41) is 8.12. The summed E-state index contributed by atoms with van der Waals surface area (Å²) in [6, 6.07) is 5.48. The van der Waals surface area contributed by atoms with Gasteiger partial charge >= 0.3 is 0 Å². The zero-order chi connectivity index (χ0) is 27.7. The van der Waals surface area contributed by atoms with E-state index in [4.69, 9.17) is 21.3 Å². The van der Waals surface area contributed by atoms with Crippen LogP contribution in [0.15, 0.2) is 29.1 Å². The fraction of sp³-hybridized carbons (Fsp3) is 0.464. The van der Waals surface area contributed by atoms with Gasteiger partial charge in [-0.3, -0.25) is 14.4 Å². The topological polar surface area (TPSA) is 111 Å². The van der Waals surface area contributed by atoms with Gasteiger partial charge in [-0.2, -0.15) is 9.50 Å². The van der Waals surface area contributed by atoms with Crippen molar-refractivity contribution in [2.24, 2.45) is 0 Å². The maximum Gasteiger partial charge on any atom is 0.279 e. The number of halogens is 1. The van der Waals surface area contributed by atoms with Crippen molar-refractivity contribution in [2.45, 2.75) is 58.9 Å². The van der Waals surface area contributed by atoms with Crippen LogP contribution < -0.4 is 10.9 Å². The minimum atomic E-state index is -0.267. The first kappa shape index (κ1) is 27.1. The molecule has 0 spiro atoms. The molecular formula is C28H33ClN6O4. The normalized spacial score (nSPS) is 16.4. The third kappa shape index (κ3) is 5.49. The van der Waals surface area contributed by atoms with E-state index in [1.54, 1.807) is 22.5 Å². The van der Waals surface area contributed by atoms with Crippen LogP contribution in [0.5, 0.6) is 0 Å². The summed E-state index contributed by atoms with van der Waals surface area (Å²) in [6.45, 7) is 7.59. The molecule has 1 saturated heterocycles. The maximum atomic E-state index is 13.8. The minimum Gasteiger partial charge on any atom is -0.377 e. The van der Waals surface area contributed by atoms with Gasteiger partial charge in [0.2, 0.25) is 17.6 Å². The van der Waals surface area contributed by atoms with E-state index in [0.29, 0.717) is 79.1 Å². The number of carbonyl (C=O) groups is 2. The molecule has 0 unspecified atom stereocenters. The van der Waals surface area contributed by atoms with Crippen molar-refractivity contribution >= 4 is 40.5 Å². The Balaban J connectivity index is 1.53. The Kier molecular flexibility index (Phi) is 7.86. The summed E-state index contributed by atoms with van der Waals surface area (Å²) in [5.41, 5.74) is 3.60. The molecule has 11 heteroatoms. The summed E-state index contributed by atoms with van der Waals surface area (Å²) in [6.07, 6.45) is 4.71. The Morgan fingerprint density at radius 3 is 2.64 bits per heavy atom. The lowest BCUT2D eigenvalue weighted by Crippen LogP contribution is -2.39. The van der Waals surface area contributed by atoms with Crippen LogP contribution >= 0.6 is 11.6 Å². The van der Waals surface area contributed by atoms with Crippen molar-refractivity contribution in [3.05, 3.63) is 62.3 Å². The number of aryl methyl sites for hydroxylation is 1. The summed E-state index contributed by atoms with van der Waals surface area (Å²) in [7, 11) is 0. The predicted octanol–water partition coefficient (Wildman–Crippen LogP) is 3.58. The standard InChI is InChI=1S/C28H33ClN6O4/c1-4-19-5-6-22(15-23(19)29)30-24(37)16-34-17(2)25(20-7-11-33(12-8-20)18(3)36)27(38)35-28(34)31-26(32-35)21-9-13-39-14-10-21/h5-6,9,15,20H,4,7-8,10-14,16H2,1-3H3,(H,30,37). The number of hydrogen-bond acceptors (Lipinski definition) is 6. The molecule has 206 valence electrons.